The van der Waals surface area contributed by atoms with Crippen molar-refractivity contribution in [3.63, 3.8) is 0 Å². The number of furan rings is 1. The third-order valence-electron chi connectivity index (χ3n) is 3.93. The maximum atomic E-state index is 5.38. The van der Waals surface area contributed by atoms with E-state index in [9.17, 15) is 0 Å². The van der Waals surface area contributed by atoms with Crippen LogP contribution in [0.25, 0.3) is 11.6 Å². The molecule has 4 heterocycles. The van der Waals surface area contributed by atoms with E-state index in [0.717, 1.165) is 37.5 Å². The fraction of sp³-hybridized carbons (Fsp3) is 0.294. The molecular formula is C17H17N3OS. The summed E-state index contributed by atoms with van der Waals surface area (Å²) >= 11 is 1.88. The Morgan fingerprint density at radius 3 is 3.05 bits per heavy atom. The third-order valence-corrected chi connectivity index (χ3v) is 4.92. The Bertz CT molecular complexity index is 779. The van der Waals surface area contributed by atoms with Crippen molar-refractivity contribution in [2.24, 2.45) is 0 Å². The number of aryl methyl sites for hydroxylation is 1. The van der Waals surface area contributed by atoms with Crippen LogP contribution in [0.15, 0.2) is 41.1 Å². The van der Waals surface area contributed by atoms with E-state index in [1.54, 1.807) is 6.26 Å². The number of hydrogen-bond acceptors (Lipinski definition) is 5. The normalized spacial score (nSPS) is 15.0. The Balaban J connectivity index is 1.52. The largest absolute Gasteiger partial charge is 0.461 e. The molecule has 0 fully saturated rings. The lowest BCUT2D eigenvalue weighted by atomic mass is 10.1. The molecular weight excluding hydrogens is 294 g/mol. The van der Waals surface area contributed by atoms with Gasteiger partial charge in [0.1, 0.15) is 0 Å². The minimum Gasteiger partial charge on any atom is -0.461 e. The summed E-state index contributed by atoms with van der Waals surface area (Å²) in [7, 11) is 0. The molecule has 1 aliphatic rings. The van der Waals surface area contributed by atoms with E-state index in [1.807, 2.05) is 29.7 Å². The van der Waals surface area contributed by atoms with Crippen molar-refractivity contribution in [2.45, 2.75) is 26.4 Å². The van der Waals surface area contributed by atoms with Crippen molar-refractivity contribution in [3.8, 4) is 11.6 Å². The van der Waals surface area contributed by atoms with Crippen molar-refractivity contribution in [1.82, 2.24) is 14.9 Å². The highest BCUT2D eigenvalue weighted by Gasteiger charge is 2.19. The van der Waals surface area contributed by atoms with Crippen molar-refractivity contribution in [3.05, 3.63) is 57.7 Å². The number of rotatable bonds is 3. The van der Waals surface area contributed by atoms with Crippen LogP contribution in [-0.4, -0.2) is 21.4 Å². The number of fused-ring (bicyclic) bond motifs is 1. The average molecular weight is 311 g/mol. The zero-order valence-electron chi connectivity index (χ0n) is 12.5. The summed E-state index contributed by atoms with van der Waals surface area (Å²) in [6.45, 7) is 5.13. The van der Waals surface area contributed by atoms with E-state index < -0.39 is 0 Å². The summed E-state index contributed by atoms with van der Waals surface area (Å²) < 4.78 is 5.38. The van der Waals surface area contributed by atoms with Crippen LogP contribution in [-0.2, 0) is 19.5 Å². The van der Waals surface area contributed by atoms with Gasteiger partial charge in [-0.15, -0.1) is 11.3 Å². The van der Waals surface area contributed by atoms with Gasteiger partial charge in [-0.2, -0.15) is 0 Å². The molecule has 1 aliphatic heterocycles. The maximum Gasteiger partial charge on any atom is 0.195 e. The van der Waals surface area contributed by atoms with Crippen LogP contribution < -0.4 is 0 Å². The Hall–Kier alpha value is -1.98. The van der Waals surface area contributed by atoms with E-state index in [0.29, 0.717) is 5.82 Å². The fourth-order valence-corrected chi connectivity index (χ4v) is 3.76. The van der Waals surface area contributed by atoms with Gasteiger partial charge in [-0.1, -0.05) is 0 Å². The summed E-state index contributed by atoms with van der Waals surface area (Å²) in [5.74, 6) is 1.42. The number of aromatic nitrogens is 2. The van der Waals surface area contributed by atoms with Crippen LogP contribution in [0.1, 0.15) is 21.0 Å². The minimum atomic E-state index is 0.686. The van der Waals surface area contributed by atoms with Crippen LogP contribution in [0.5, 0.6) is 0 Å². The number of nitrogens with zero attached hydrogens (tertiary/aromatic N) is 3. The van der Waals surface area contributed by atoms with Crippen LogP contribution in [0.3, 0.4) is 0 Å². The topological polar surface area (TPSA) is 42.2 Å². The van der Waals surface area contributed by atoms with Gasteiger partial charge in [0, 0.05) is 47.6 Å². The Morgan fingerprint density at radius 1 is 1.32 bits per heavy atom. The molecule has 0 amide bonds. The maximum absolute atomic E-state index is 5.38. The predicted molar refractivity (Wildman–Crippen MR) is 86.6 cm³/mol. The first-order valence-electron chi connectivity index (χ1n) is 7.44. The van der Waals surface area contributed by atoms with Gasteiger partial charge in [-0.25, -0.2) is 9.97 Å². The summed E-state index contributed by atoms with van der Waals surface area (Å²) in [6, 6.07) is 8.18. The predicted octanol–water partition coefficient (Wildman–Crippen LogP) is 3.66. The summed E-state index contributed by atoms with van der Waals surface area (Å²) in [4.78, 5) is 14.4. The molecule has 0 unspecified atom stereocenters. The molecule has 112 valence electrons. The highest BCUT2D eigenvalue weighted by molar-refractivity contribution is 7.11. The molecule has 0 radical (unpaired) electrons. The second kappa shape index (κ2) is 5.66. The Morgan fingerprint density at radius 2 is 2.27 bits per heavy atom. The summed E-state index contributed by atoms with van der Waals surface area (Å²) in [5.41, 5.74) is 2.38. The van der Waals surface area contributed by atoms with Crippen LogP contribution >= 0.6 is 11.3 Å². The molecule has 0 spiro atoms. The van der Waals surface area contributed by atoms with Gasteiger partial charge >= 0.3 is 0 Å². The van der Waals surface area contributed by atoms with Gasteiger partial charge in [-0.3, -0.25) is 4.90 Å². The summed E-state index contributed by atoms with van der Waals surface area (Å²) in [6.07, 6.45) is 4.57. The van der Waals surface area contributed by atoms with Crippen molar-refractivity contribution < 1.29 is 4.42 Å². The Labute approximate surface area is 133 Å². The molecule has 4 rings (SSSR count). The standard InChI is InChI=1S/C17H17N3OS/c1-12-4-5-14(22-12)11-20-7-6-15-13(10-20)9-18-17(19-15)16-3-2-8-21-16/h2-5,8-9H,6-7,10-11H2,1H3. The van der Waals surface area contributed by atoms with E-state index >= 15 is 0 Å². The van der Waals surface area contributed by atoms with Crippen LogP contribution in [0.2, 0.25) is 0 Å². The van der Waals surface area contributed by atoms with Gasteiger partial charge in [0.2, 0.25) is 0 Å². The molecule has 0 saturated heterocycles. The molecule has 0 N–H and O–H groups in total. The van der Waals surface area contributed by atoms with Gasteiger partial charge < -0.3 is 4.42 Å². The molecule has 0 aliphatic carbocycles. The second-order valence-corrected chi connectivity index (χ2v) is 6.99. The molecule has 0 bridgehead atoms. The zero-order chi connectivity index (χ0) is 14.9. The van der Waals surface area contributed by atoms with Gasteiger partial charge in [0.15, 0.2) is 11.6 Å². The molecule has 3 aromatic heterocycles. The first kappa shape index (κ1) is 13.7. The smallest absolute Gasteiger partial charge is 0.195 e. The van der Waals surface area contributed by atoms with Crippen LogP contribution in [0.4, 0.5) is 0 Å². The molecule has 0 aromatic carbocycles. The van der Waals surface area contributed by atoms with E-state index in [4.69, 9.17) is 4.42 Å². The number of hydrogen-bond donors (Lipinski definition) is 0. The molecule has 0 atom stereocenters. The Kier molecular flexibility index (Phi) is 3.52. The van der Waals surface area contributed by atoms with Crippen LogP contribution in [0, 0.1) is 6.92 Å². The molecule has 22 heavy (non-hydrogen) atoms. The summed E-state index contributed by atoms with van der Waals surface area (Å²) in [5, 5.41) is 0. The molecule has 5 heteroatoms. The van der Waals surface area contributed by atoms with Crippen molar-refractivity contribution in [1.29, 1.82) is 0 Å². The van der Waals surface area contributed by atoms with Crippen molar-refractivity contribution in [2.75, 3.05) is 6.54 Å². The SMILES string of the molecule is Cc1ccc(CN2CCc3nc(-c4ccco4)ncc3C2)s1. The fourth-order valence-electron chi connectivity index (χ4n) is 2.82. The van der Waals surface area contributed by atoms with Gasteiger partial charge in [0.25, 0.3) is 0 Å². The first-order valence-corrected chi connectivity index (χ1v) is 8.26. The third kappa shape index (κ3) is 2.69. The highest BCUT2D eigenvalue weighted by atomic mass is 32.1. The van der Waals surface area contributed by atoms with E-state index in [-0.39, 0.29) is 0 Å². The van der Waals surface area contributed by atoms with Crippen molar-refractivity contribution >= 4 is 11.3 Å². The molecule has 4 nitrogen and oxygen atoms in total. The quantitative estimate of drug-likeness (QED) is 0.740. The minimum absolute atomic E-state index is 0.686. The van der Waals surface area contributed by atoms with Gasteiger partial charge in [-0.05, 0) is 31.2 Å². The lowest BCUT2D eigenvalue weighted by molar-refractivity contribution is 0.245. The lowest BCUT2D eigenvalue weighted by Gasteiger charge is -2.27. The lowest BCUT2D eigenvalue weighted by Crippen LogP contribution is -2.30. The van der Waals surface area contributed by atoms with E-state index in [1.165, 1.54) is 15.3 Å². The number of thiophene rings is 1. The average Bonchev–Trinajstić information content (AvgIpc) is 3.19. The molecule has 3 aromatic rings. The zero-order valence-corrected chi connectivity index (χ0v) is 13.3. The molecule has 0 saturated carbocycles. The van der Waals surface area contributed by atoms with E-state index in [2.05, 4.69) is 33.9 Å². The highest BCUT2D eigenvalue weighted by Crippen LogP contribution is 2.24. The first-order chi connectivity index (χ1) is 10.8. The van der Waals surface area contributed by atoms with Gasteiger partial charge in [0.05, 0.1) is 12.0 Å². The second-order valence-electron chi connectivity index (χ2n) is 5.62. The monoisotopic (exact) mass is 311 g/mol.